The zero-order chi connectivity index (χ0) is 21.6. The van der Waals surface area contributed by atoms with E-state index in [1.165, 1.54) is 11.3 Å². The molecule has 1 saturated heterocycles. The maximum absolute atomic E-state index is 12.8. The minimum absolute atomic E-state index is 0.127. The smallest absolute Gasteiger partial charge is 0.252 e. The van der Waals surface area contributed by atoms with Crippen LogP contribution in [0.5, 0.6) is 0 Å². The van der Waals surface area contributed by atoms with Crippen LogP contribution in [0.25, 0.3) is 0 Å². The summed E-state index contributed by atoms with van der Waals surface area (Å²) < 4.78 is 33.1. The topological polar surface area (TPSA) is 75.7 Å². The molecule has 3 rings (SSSR count). The van der Waals surface area contributed by atoms with E-state index in [4.69, 9.17) is 4.74 Å². The standard InChI is InChI=1S/C22H30N2O4S2/c1-17(2)28-16-19-9-5-4-8-18(19)15-23-21(25)14-20-10-11-22(29-20)30(26,27)24-12-6-3-7-13-24/h4-5,8-11,17H,3,6-7,12-16H2,1-2H3,(H,23,25). The fourth-order valence-electron chi connectivity index (χ4n) is 3.37. The minimum Gasteiger partial charge on any atom is -0.374 e. The Morgan fingerprint density at radius 1 is 1.10 bits per heavy atom. The number of sulfonamides is 1. The van der Waals surface area contributed by atoms with Crippen LogP contribution in [0.1, 0.15) is 49.1 Å². The van der Waals surface area contributed by atoms with Gasteiger partial charge in [0.2, 0.25) is 5.91 Å². The number of ether oxygens (including phenoxy) is 1. The molecule has 1 fully saturated rings. The molecule has 1 amide bonds. The van der Waals surface area contributed by atoms with Crippen molar-refractivity contribution in [3.63, 3.8) is 0 Å². The molecule has 1 aromatic carbocycles. The Hall–Kier alpha value is -1.74. The quantitative estimate of drug-likeness (QED) is 0.632. The Labute approximate surface area is 183 Å². The van der Waals surface area contributed by atoms with Gasteiger partial charge in [0.1, 0.15) is 4.21 Å². The van der Waals surface area contributed by atoms with Crippen molar-refractivity contribution >= 4 is 27.3 Å². The molecule has 1 aliphatic rings. The SMILES string of the molecule is CC(C)OCc1ccccc1CNC(=O)Cc1ccc(S(=O)(=O)N2CCCCC2)s1. The number of piperidine rings is 1. The van der Waals surface area contributed by atoms with Gasteiger partial charge in [-0.2, -0.15) is 4.31 Å². The van der Waals surface area contributed by atoms with Gasteiger partial charge in [-0.1, -0.05) is 30.7 Å². The van der Waals surface area contributed by atoms with E-state index in [2.05, 4.69) is 5.32 Å². The highest BCUT2D eigenvalue weighted by atomic mass is 32.2. The molecule has 8 heteroatoms. The third-order valence-corrected chi connectivity index (χ3v) is 8.50. The Balaban J connectivity index is 1.56. The summed E-state index contributed by atoms with van der Waals surface area (Å²) in [6.45, 7) is 6.06. The molecule has 6 nitrogen and oxygen atoms in total. The first-order chi connectivity index (χ1) is 14.4. The minimum atomic E-state index is -3.45. The van der Waals surface area contributed by atoms with Crippen molar-refractivity contribution in [2.24, 2.45) is 0 Å². The van der Waals surface area contributed by atoms with E-state index in [9.17, 15) is 13.2 Å². The van der Waals surface area contributed by atoms with E-state index in [0.717, 1.165) is 35.3 Å². The number of amides is 1. The Bertz CT molecular complexity index is 948. The largest absolute Gasteiger partial charge is 0.374 e. The van der Waals surface area contributed by atoms with E-state index < -0.39 is 10.0 Å². The number of hydrogen-bond acceptors (Lipinski definition) is 5. The summed E-state index contributed by atoms with van der Waals surface area (Å²) in [5, 5.41) is 2.94. The fourth-order valence-corrected chi connectivity index (χ4v) is 6.39. The molecular weight excluding hydrogens is 420 g/mol. The van der Waals surface area contributed by atoms with Crippen LogP contribution in [0.2, 0.25) is 0 Å². The summed E-state index contributed by atoms with van der Waals surface area (Å²) in [6, 6.07) is 11.2. The van der Waals surface area contributed by atoms with Gasteiger partial charge in [-0.3, -0.25) is 4.79 Å². The fraction of sp³-hybridized carbons (Fsp3) is 0.500. The van der Waals surface area contributed by atoms with Gasteiger partial charge in [-0.25, -0.2) is 8.42 Å². The number of nitrogens with zero attached hydrogens (tertiary/aromatic N) is 1. The average molecular weight is 451 g/mol. The molecule has 2 heterocycles. The van der Waals surface area contributed by atoms with E-state index in [1.807, 2.05) is 38.1 Å². The summed E-state index contributed by atoms with van der Waals surface area (Å²) in [5.41, 5.74) is 2.07. The summed E-state index contributed by atoms with van der Waals surface area (Å²) in [6.07, 6.45) is 3.20. The van der Waals surface area contributed by atoms with Crippen LogP contribution in [0.4, 0.5) is 0 Å². The third-order valence-electron chi connectivity index (χ3n) is 5.05. The van der Waals surface area contributed by atoms with Gasteiger partial charge in [0.05, 0.1) is 19.1 Å². The van der Waals surface area contributed by atoms with Crippen LogP contribution >= 0.6 is 11.3 Å². The molecular formula is C22H30N2O4S2. The average Bonchev–Trinajstić information content (AvgIpc) is 3.21. The monoisotopic (exact) mass is 450 g/mol. The van der Waals surface area contributed by atoms with Crippen LogP contribution in [-0.4, -0.2) is 37.8 Å². The zero-order valence-electron chi connectivity index (χ0n) is 17.6. The molecule has 0 saturated carbocycles. The van der Waals surface area contributed by atoms with Crippen molar-refractivity contribution in [2.45, 2.75) is 63.0 Å². The van der Waals surface area contributed by atoms with Crippen molar-refractivity contribution in [1.82, 2.24) is 9.62 Å². The summed E-state index contributed by atoms with van der Waals surface area (Å²) in [5.74, 6) is -0.127. The molecule has 1 aliphatic heterocycles. The molecule has 0 spiro atoms. The van der Waals surface area contributed by atoms with E-state index in [1.54, 1.807) is 16.4 Å². The summed E-state index contributed by atoms with van der Waals surface area (Å²) >= 11 is 1.19. The number of thiophene rings is 1. The molecule has 164 valence electrons. The number of nitrogens with one attached hydrogen (secondary N) is 1. The number of carbonyl (C=O) groups excluding carboxylic acids is 1. The number of rotatable bonds is 9. The van der Waals surface area contributed by atoms with E-state index in [-0.39, 0.29) is 18.4 Å². The van der Waals surface area contributed by atoms with Crippen molar-refractivity contribution in [1.29, 1.82) is 0 Å². The lowest BCUT2D eigenvalue weighted by Gasteiger charge is -2.25. The molecule has 0 unspecified atom stereocenters. The second kappa shape index (κ2) is 10.5. The maximum atomic E-state index is 12.8. The highest BCUT2D eigenvalue weighted by Gasteiger charge is 2.27. The van der Waals surface area contributed by atoms with Crippen molar-refractivity contribution < 1.29 is 17.9 Å². The Morgan fingerprint density at radius 2 is 1.80 bits per heavy atom. The number of benzene rings is 1. The van der Waals surface area contributed by atoms with Crippen LogP contribution in [0.3, 0.4) is 0 Å². The maximum Gasteiger partial charge on any atom is 0.252 e. The molecule has 30 heavy (non-hydrogen) atoms. The van der Waals surface area contributed by atoms with Crippen LogP contribution in [0.15, 0.2) is 40.6 Å². The van der Waals surface area contributed by atoms with Gasteiger partial charge in [0.25, 0.3) is 10.0 Å². The van der Waals surface area contributed by atoms with Crippen molar-refractivity contribution in [3.8, 4) is 0 Å². The first kappa shape index (κ1) is 22.9. The van der Waals surface area contributed by atoms with Crippen molar-refractivity contribution in [2.75, 3.05) is 13.1 Å². The molecule has 1 N–H and O–H groups in total. The zero-order valence-corrected chi connectivity index (χ0v) is 19.2. The first-order valence-electron chi connectivity index (χ1n) is 10.4. The lowest BCUT2D eigenvalue weighted by molar-refractivity contribution is -0.120. The number of hydrogen-bond donors (Lipinski definition) is 1. The lowest BCUT2D eigenvalue weighted by atomic mass is 10.1. The lowest BCUT2D eigenvalue weighted by Crippen LogP contribution is -2.35. The normalized spacial score (nSPS) is 15.4. The first-order valence-corrected chi connectivity index (χ1v) is 12.7. The highest BCUT2D eigenvalue weighted by Crippen LogP contribution is 2.27. The molecule has 0 radical (unpaired) electrons. The van der Waals surface area contributed by atoms with Crippen molar-refractivity contribution in [3.05, 3.63) is 52.4 Å². The molecule has 0 atom stereocenters. The van der Waals surface area contributed by atoms with E-state index >= 15 is 0 Å². The van der Waals surface area contributed by atoms with Gasteiger partial charge in [0.15, 0.2) is 0 Å². The molecule has 2 aromatic rings. The summed E-state index contributed by atoms with van der Waals surface area (Å²) in [4.78, 5) is 13.2. The van der Waals surface area contributed by atoms with Gasteiger partial charge >= 0.3 is 0 Å². The van der Waals surface area contributed by atoms with Crippen LogP contribution in [0, 0.1) is 0 Å². The molecule has 0 aliphatic carbocycles. The predicted molar refractivity (Wildman–Crippen MR) is 119 cm³/mol. The van der Waals surface area contributed by atoms with E-state index in [0.29, 0.717) is 30.5 Å². The van der Waals surface area contributed by atoms with Gasteiger partial charge in [0, 0.05) is 24.5 Å². The Morgan fingerprint density at radius 3 is 2.50 bits per heavy atom. The van der Waals surface area contributed by atoms with Gasteiger partial charge in [-0.15, -0.1) is 11.3 Å². The van der Waals surface area contributed by atoms with Crippen LogP contribution < -0.4 is 5.32 Å². The molecule has 1 aromatic heterocycles. The predicted octanol–water partition coefficient (Wildman–Crippen LogP) is 3.71. The van der Waals surface area contributed by atoms with Crippen LogP contribution in [-0.2, 0) is 39.1 Å². The van der Waals surface area contributed by atoms with Gasteiger partial charge in [-0.05, 0) is 49.9 Å². The number of carbonyl (C=O) groups is 1. The second-order valence-corrected chi connectivity index (χ2v) is 11.1. The third kappa shape index (κ3) is 6.14. The summed E-state index contributed by atoms with van der Waals surface area (Å²) in [7, 11) is -3.45. The Kier molecular flexibility index (Phi) is 8.05. The highest BCUT2D eigenvalue weighted by molar-refractivity contribution is 7.91. The second-order valence-electron chi connectivity index (χ2n) is 7.77. The molecule has 0 bridgehead atoms. The van der Waals surface area contributed by atoms with Gasteiger partial charge < -0.3 is 10.1 Å².